The molecule has 0 aromatic rings. The summed E-state index contributed by atoms with van der Waals surface area (Å²) in [6.07, 6.45) is 8.82. The molecule has 12 nitrogen and oxygen atoms in total. The van der Waals surface area contributed by atoms with Gasteiger partial charge in [-0.2, -0.15) is 0 Å². The van der Waals surface area contributed by atoms with Crippen LogP contribution in [0.25, 0.3) is 0 Å². The number of ketones is 1. The third-order valence-electron chi connectivity index (χ3n) is 15.9. The Kier molecular flexibility index (Phi) is 30.7. The molecular weight excluding hydrogens is 1090 g/mol. The van der Waals surface area contributed by atoms with E-state index in [2.05, 4.69) is 203 Å². The molecule has 3 unspecified atom stereocenters. The summed E-state index contributed by atoms with van der Waals surface area (Å²) < 4.78 is 32.6. The zero-order chi connectivity index (χ0) is 63.1. The number of fused-ring (bicyclic) bond motifs is 5. The average Bonchev–Trinajstić information content (AvgIpc) is 1.72. The number of carbonyl (C=O) groups excluding carboxylic acids is 6. The smallest absolute Gasteiger partial charge is 0.455 e. The molecule has 0 aromatic heterocycles. The van der Waals surface area contributed by atoms with Gasteiger partial charge in [-0.3, -0.25) is 14.4 Å². The summed E-state index contributed by atoms with van der Waals surface area (Å²) in [6, 6.07) is 0. The summed E-state index contributed by atoms with van der Waals surface area (Å²) in [5.74, 6) is 78.1. The summed E-state index contributed by atoms with van der Waals surface area (Å²) in [4.78, 5) is 76.3. The maximum atomic E-state index is 13.1. The van der Waals surface area contributed by atoms with Crippen molar-refractivity contribution in [1.29, 1.82) is 0 Å². The molecule has 0 heterocycles. The van der Waals surface area contributed by atoms with Crippen molar-refractivity contribution < 1.29 is 57.2 Å². The number of esters is 4. The first kappa shape index (κ1) is 69.3. The minimum absolute atomic E-state index is 0.00408. The highest BCUT2D eigenvalue weighted by molar-refractivity contribution is 5.89. The lowest BCUT2D eigenvalue weighted by Crippen LogP contribution is -2.54. The number of rotatable bonds is 18. The standard InChI is InChI=1S/C75H68O12/c1-9-11-13-15-17-19-21-23-25-27-29-31-33-35-37-43-69(77)82-56-64(57-83-70(78)44-38-36-34-32-30-28-26-24-22-20-18-16-14-12-10-2)86-72(80)54-59(4)42-40-39-41-58(3)53-71(79)84-61(6)85-73(81)87-63-49-51-74(7)62(55-63)45-46-65-67-48-47-66(60(5)76)75(67,8)52-50-68(65)74/h58-59,61-68H,39-42,45-57H2,1-8H3/t58?,59?,61?,62-,63+,65-,66+,67-,68-,74-,75+/m0/s1. The van der Waals surface area contributed by atoms with Crippen LogP contribution in [0.5, 0.6) is 0 Å². The van der Waals surface area contributed by atoms with E-state index in [4.69, 9.17) is 28.4 Å². The first-order chi connectivity index (χ1) is 42.0. The maximum absolute atomic E-state index is 13.1. The molecule has 0 aromatic carbocycles. The SMILES string of the molecule is CC#CC#CC#CC#CC#CC#CC#CC#CC(=O)OCC(COC(=O)C#CC#CC#CC#CC#CC#CC#CC#CC)OC(=O)CC(C)CCCCC(C)CC(=O)OC(C)OC(=O)O[C@@H]1CC[C@@]2(C)[C@@H](CC[C@@H]3[C@@H]2CC[C@]2(C)[C@@H](C(C)=O)CC[C@@H]32)C1. The van der Waals surface area contributed by atoms with Crippen LogP contribution in [0.15, 0.2) is 0 Å². The van der Waals surface area contributed by atoms with Gasteiger partial charge in [-0.15, -0.1) is 0 Å². The van der Waals surface area contributed by atoms with Crippen LogP contribution in [0.4, 0.5) is 4.79 Å². The van der Waals surface area contributed by atoms with Crippen LogP contribution in [0, 0.1) is 242 Å². The third kappa shape index (κ3) is 25.7. The van der Waals surface area contributed by atoms with E-state index < -0.39 is 55.6 Å². The highest BCUT2D eigenvalue weighted by Gasteiger charge is 2.61. The van der Waals surface area contributed by atoms with Crippen LogP contribution < -0.4 is 0 Å². The van der Waals surface area contributed by atoms with E-state index in [0.29, 0.717) is 42.3 Å². The van der Waals surface area contributed by atoms with E-state index in [-0.39, 0.29) is 47.5 Å². The fraction of sp³-hybridized carbons (Fsp3) is 0.493. The van der Waals surface area contributed by atoms with Crippen molar-refractivity contribution >= 4 is 35.8 Å². The zero-order valence-electron chi connectivity index (χ0n) is 50.7. The lowest BCUT2D eigenvalue weighted by Gasteiger charge is -2.61. The molecule has 0 radical (unpaired) electrons. The quantitative estimate of drug-likeness (QED) is 0.0323. The van der Waals surface area contributed by atoms with E-state index in [1.165, 1.54) is 6.92 Å². The molecule has 4 aliphatic carbocycles. The molecule has 0 bridgehead atoms. The second-order valence-electron chi connectivity index (χ2n) is 21.8. The molecule has 4 rings (SSSR count). The number of carbonyl (C=O) groups is 6. The van der Waals surface area contributed by atoms with Gasteiger partial charge in [-0.1, -0.05) is 65.2 Å². The van der Waals surface area contributed by atoms with Crippen LogP contribution in [-0.2, 0) is 52.4 Å². The molecule has 0 aliphatic heterocycles. The van der Waals surface area contributed by atoms with Crippen LogP contribution in [0.1, 0.15) is 152 Å². The topological polar surface area (TPSA) is 158 Å². The largest absolute Gasteiger partial charge is 0.511 e. The molecule has 0 saturated heterocycles. The van der Waals surface area contributed by atoms with Gasteiger partial charge in [0.05, 0.1) is 0 Å². The van der Waals surface area contributed by atoms with Crippen molar-refractivity contribution in [2.45, 2.75) is 170 Å². The van der Waals surface area contributed by atoms with Gasteiger partial charge in [0.25, 0.3) is 0 Å². The first-order valence-corrected chi connectivity index (χ1v) is 28.9. The molecule has 4 saturated carbocycles. The lowest BCUT2D eigenvalue weighted by molar-refractivity contribution is -0.172. The minimum atomic E-state index is -1.22. The van der Waals surface area contributed by atoms with Crippen LogP contribution in [0.3, 0.4) is 0 Å². The Hall–Kier alpha value is -10.2. The predicted octanol–water partition coefficient (Wildman–Crippen LogP) is 8.35. The van der Waals surface area contributed by atoms with E-state index >= 15 is 0 Å². The van der Waals surface area contributed by atoms with E-state index in [0.717, 1.165) is 70.6 Å². The summed E-state index contributed by atoms with van der Waals surface area (Å²) in [7, 11) is 0. The maximum Gasteiger partial charge on any atom is 0.511 e. The first-order valence-electron chi connectivity index (χ1n) is 28.9. The van der Waals surface area contributed by atoms with E-state index in [9.17, 15) is 28.8 Å². The highest BCUT2D eigenvalue weighted by Crippen LogP contribution is 2.67. The molecule has 440 valence electrons. The number of hydrogen-bond donors (Lipinski definition) is 0. The van der Waals surface area contributed by atoms with Crippen molar-refractivity contribution in [2.24, 2.45) is 52.3 Å². The fourth-order valence-corrected chi connectivity index (χ4v) is 12.1. The Morgan fingerprint density at radius 3 is 1.33 bits per heavy atom. The normalized spacial score (nSPS) is 21.3. The second kappa shape index (κ2) is 38.6. The van der Waals surface area contributed by atoms with Gasteiger partial charge in [0.15, 0.2) is 6.10 Å². The Bertz CT molecular complexity index is 3530. The van der Waals surface area contributed by atoms with Gasteiger partial charge < -0.3 is 28.4 Å². The van der Waals surface area contributed by atoms with Crippen LogP contribution in [-0.4, -0.2) is 67.5 Å². The fourth-order valence-electron chi connectivity index (χ4n) is 12.1. The Balaban J connectivity index is 1.19. The zero-order valence-corrected chi connectivity index (χ0v) is 50.7. The van der Waals surface area contributed by atoms with Gasteiger partial charge in [-0.05, 0) is 291 Å². The molecule has 0 amide bonds. The molecule has 0 N–H and O–H groups in total. The van der Waals surface area contributed by atoms with Gasteiger partial charge in [-0.25, -0.2) is 14.4 Å². The predicted molar refractivity (Wildman–Crippen MR) is 326 cm³/mol. The monoisotopic (exact) mass is 1160 g/mol. The molecule has 12 heteroatoms. The summed E-state index contributed by atoms with van der Waals surface area (Å²) in [5, 5.41) is 0. The van der Waals surface area contributed by atoms with Crippen molar-refractivity contribution in [3.63, 3.8) is 0 Å². The lowest BCUT2D eigenvalue weighted by atomic mass is 9.44. The van der Waals surface area contributed by atoms with E-state index in [1.807, 2.05) is 13.8 Å². The molecule has 4 fully saturated rings. The molecule has 0 spiro atoms. The van der Waals surface area contributed by atoms with Crippen molar-refractivity contribution in [3.8, 4) is 189 Å². The summed E-state index contributed by atoms with van der Waals surface area (Å²) in [5.41, 5.74) is 0.303. The van der Waals surface area contributed by atoms with Crippen molar-refractivity contribution in [1.82, 2.24) is 0 Å². The average molecular weight is 1160 g/mol. The molecule has 11 atom stereocenters. The van der Waals surface area contributed by atoms with Gasteiger partial charge in [0.2, 0.25) is 6.29 Å². The Morgan fingerprint density at radius 2 is 0.885 bits per heavy atom. The second-order valence-corrected chi connectivity index (χ2v) is 21.8. The van der Waals surface area contributed by atoms with Gasteiger partial charge in [0.1, 0.15) is 25.1 Å². The van der Waals surface area contributed by atoms with Crippen molar-refractivity contribution in [3.05, 3.63) is 0 Å². The van der Waals surface area contributed by atoms with Gasteiger partial charge >= 0.3 is 30.0 Å². The molecule has 87 heavy (non-hydrogen) atoms. The number of hydrogen-bond acceptors (Lipinski definition) is 12. The summed E-state index contributed by atoms with van der Waals surface area (Å²) in [6.45, 7) is 14.2. The minimum Gasteiger partial charge on any atom is -0.455 e. The molecular formula is C75H68O12. The van der Waals surface area contributed by atoms with Crippen LogP contribution >= 0.6 is 0 Å². The highest BCUT2D eigenvalue weighted by atomic mass is 16.8. The number of ether oxygens (including phenoxy) is 6. The molecule has 4 aliphatic rings. The van der Waals surface area contributed by atoms with Gasteiger partial charge in [0, 0.05) is 37.5 Å². The Labute approximate surface area is 515 Å². The third-order valence-corrected chi connectivity index (χ3v) is 15.9. The van der Waals surface area contributed by atoms with Crippen molar-refractivity contribution in [2.75, 3.05) is 13.2 Å². The number of unbranched alkanes of at least 4 members (excludes halogenated alkanes) is 1. The Morgan fingerprint density at radius 1 is 0.471 bits per heavy atom. The number of Topliss-reactive ketones (excluding diaryl/α,β-unsaturated/α-hetero) is 1. The summed E-state index contributed by atoms with van der Waals surface area (Å²) >= 11 is 0. The van der Waals surface area contributed by atoms with E-state index in [1.54, 1.807) is 20.8 Å². The van der Waals surface area contributed by atoms with Crippen LogP contribution in [0.2, 0.25) is 0 Å².